The zero-order chi connectivity index (χ0) is 13.2. The molecule has 0 saturated carbocycles. The number of nitrogens with one attached hydrogen (secondary N) is 1. The number of benzene rings is 2. The first-order valence-corrected chi connectivity index (χ1v) is 6.56. The van der Waals surface area contributed by atoms with Gasteiger partial charge in [0.05, 0.1) is 10.7 Å². The topological polar surface area (TPSA) is 28.7 Å². The smallest absolute Gasteiger partial charge is 0.138 e. The Morgan fingerprint density at radius 3 is 2.53 bits per heavy atom. The zero-order valence-electron chi connectivity index (χ0n) is 9.90. The van der Waals surface area contributed by atoms with Gasteiger partial charge in [-0.1, -0.05) is 53.5 Å². The number of nitrogens with zero attached hydrogens (tertiary/aromatic N) is 1. The summed E-state index contributed by atoms with van der Waals surface area (Å²) in [6.45, 7) is 0. The molecule has 0 fully saturated rings. The van der Waals surface area contributed by atoms with Gasteiger partial charge in [-0.3, -0.25) is 0 Å². The first-order valence-electron chi connectivity index (χ1n) is 5.80. The SMILES string of the molecule is Clc1ccc(Cl)c(-c2c[nH]c(-c3ccccc3)n2)c1. The van der Waals surface area contributed by atoms with Gasteiger partial charge in [0.15, 0.2) is 0 Å². The third-order valence-corrected chi connectivity index (χ3v) is 3.39. The molecule has 2 aromatic carbocycles. The maximum Gasteiger partial charge on any atom is 0.138 e. The third kappa shape index (κ3) is 2.50. The molecule has 0 aliphatic rings. The van der Waals surface area contributed by atoms with E-state index in [4.69, 9.17) is 23.2 Å². The minimum atomic E-state index is 0.635. The standard InChI is InChI=1S/C15H10Cl2N2/c16-11-6-7-13(17)12(8-11)14-9-18-15(19-14)10-4-2-1-3-5-10/h1-9H,(H,18,19). The van der Waals surface area contributed by atoms with Gasteiger partial charge in [0, 0.05) is 22.3 Å². The van der Waals surface area contributed by atoms with Crippen LogP contribution in [0, 0.1) is 0 Å². The van der Waals surface area contributed by atoms with E-state index in [0.29, 0.717) is 10.0 Å². The van der Waals surface area contributed by atoms with Crippen molar-refractivity contribution in [2.75, 3.05) is 0 Å². The summed E-state index contributed by atoms with van der Waals surface area (Å²) in [4.78, 5) is 7.71. The zero-order valence-corrected chi connectivity index (χ0v) is 11.4. The maximum absolute atomic E-state index is 6.17. The van der Waals surface area contributed by atoms with Crippen LogP contribution in [0.4, 0.5) is 0 Å². The molecule has 1 heterocycles. The fourth-order valence-electron chi connectivity index (χ4n) is 1.90. The van der Waals surface area contributed by atoms with Crippen LogP contribution in [0.25, 0.3) is 22.6 Å². The molecular formula is C15H10Cl2N2. The lowest BCUT2D eigenvalue weighted by Gasteiger charge is -2.00. The number of aromatic nitrogens is 2. The lowest BCUT2D eigenvalue weighted by Crippen LogP contribution is -1.82. The molecule has 19 heavy (non-hydrogen) atoms. The molecule has 1 aromatic heterocycles. The van der Waals surface area contributed by atoms with E-state index in [9.17, 15) is 0 Å². The van der Waals surface area contributed by atoms with E-state index >= 15 is 0 Å². The van der Waals surface area contributed by atoms with E-state index < -0.39 is 0 Å². The highest BCUT2D eigenvalue weighted by Gasteiger charge is 2.09. The van der Waals surface area contributed by atoms with Gasteiger partial charge in [-0.05, 0) is 18.2 Å². The highest BCUT2D eigenvalue weighted by atomic mass is 35.5. The van der Waals surface area contributed by atoms with Crippen LogP contribution in [-0.2, 0) is 0 Å². The number of rotatable bonds is 2. The molecular weight excluding hydrogens is 279 g/mol. The minimum absolute atomic E-state index is 0.635. The molecule has 3 rings (SSSR count). The predicted octanol–water partition coefficient (Wildman–Crippen LogP) is 5.05. The summed E-state index contributed by atoms with van der Waals surface area (Å²) in [7, 11) is 0. The minimum Gasteiger partial charge on any atom is -0.344 e. The van der Waals surface area contributed by atoms with Crippen molar-refractivity contribution in [2.45, 2.75) is 0 Å². The molecule has 0 saturated heterocycles. The van der Waals surface area contributed by atoms with Crippen LogP contribution >= 0.6 is 23.2 Å². The first kappa shape index (κ1) is 12.3. The second-order valence-corrected chi connectivity index (χ2v) is 4.97. The molecule has 0 bridgehead atoms. The Hall–Kier alpha value is -1.77. The summed E-state index contributed by atoms with van der Waals surface area (Å²) in [6.07, 6.45) is 1.83. The average molecular weight is 289 g/mol. The molecule has 0 spiro atoms. The van der Waals surface area contributed by atoms with E-state index in [1.807, 2.05) is 42.6 Å². The van der Waals surface area contributed by atoms with Gasteiger partial charge < -0.3 is 4.98 Å². The molecule has 2 nitrogen and oxygen atoms in total. The normalized spacial score (nSPS) is 10.6. The number of H-pyrrole nitrogens is 1. The molecule has 94 valence electrons. The van der Waals surface area contributed by atoms with Crippen molar-refractivity contribution in [3.8, 4) is 22.6 Å². The molecule has 0 aliphatic heterocycles. The molecule has 0 amide bonds. The van der Waals surface area contributed by atoms with Crippen LogP contribution in [0.2, 0.25) is 10.0 Å². The number of aromatic amines is 1. The van der Waals surface area contributed by atoms with Crippen molar-refractivity contribution in [2.24, 2.45) is 0 Å². The van der Waals surface area contributed by atoms with Gasteiger partial charge in [-0.25, -0.2) is 4.98 Å². The summed E-state index contributed by atoms with van der Waals surface area (Å²) in [5.74, 6) is 0.812. The quantitative estimate of drug-likeness (QED) is 0.702. The van der Waals surface area contributed by atoms with Crippen LogP contribution in [0.15, 0.2) is 54.7 Å². The van der Waals surface area contributed by atoms with Gasteiger partial charge in [0.1, 0.15) is 5.82 Å². The summed E-state index contributed by atoms with van der Waals surface area (Å²) in [5.41, 5.74) is 2.64. The van der Waals surface area contributed by atoms with Crippen molar-refractivity contribution >= 4 is 23.2 Å². The Balaban J connectivity index is 2.04. The van der Waals surface area contributed by atoms with E-state index in [1.54, 1.807) is 12.1 Å². The summed E-state index contributed by atoms with van der Waals surface area (Å²) < 4.78 is 0. The highest BCUT2D eigenvalue weighted by molar-refractivity contribution is 6.35. The monoisotopic (exact) mass is 288 g/mol. The number of imidazole rings is 1. The van der Waals surface area contributed by atoms with Gasteiger partial charge in [0.25, 0.3) is 0 Å². The van der Waals surface area contributed by atoms with Gasteiger partial charge in [-0.15, -0.1) is 0 Å². The van der Waals surface area contributed by atoms with Crippen molar-refractivity contribution in [1.29, 1.82) is 0 Å². The second-order valence-electron chi connectivity index (χ2n) is 4.12. The van der Waals surface area contributed by atoms with Crippen LogP contribution in [0.5, 0.6) is 0 Å². The van der Waals surface area contributed by atoms with Crippen LogP contribution in [0.3, 0.4) is 0 Å². The maximum atomic E-state index is 6.17. The lowest BCUT2D eigenvalue weighted by molar-refractivity contribution is 1.31. The van der Waals surface area contributed by atoms with E-state index in [0.717, 1.165) is 22.6 Å². The van der Waals surface area contributed by atoms with Gasteiger partial charge in [-0.2, -0.15) is 0 Å². The summed E-state index contributed by atoms with van der Waals surface area (Å²) in [5, 5.41) is 1.28. The van der Waals surface area contributed by atoms with Crippen LogP contribution in [0.1, 0.15) is 0 Å². The fraction of sp³-hybridized carbons (Fsp3) is 0. The summed E-state index contributed by atoms with van der Waals surface area (Å²) in [6, 6.07) is 15.3. The van der Waals surface area contributed by atoms with E-state index in [2.05, 4.69) is 9.97 Å². The van der Waals surface area contributed by atoms with Crippen molar-refractivity contribution in [1.82, 2.24) is 9.97 Å². The first-order chi connectivity index (χ1) is 9.24. The van der Waals surface area contributed by atoms with Gasteiger partial charge in [0.2, 0.25) is 0 Å². The number of hydrogen-bond acceptors (Lipinski definition) is 1. The van der Waals surface area contributed by atoms with Crippen molar-refractivity contribution in [3.05, 3.63) is 64.8 Å². The molecule has 1 N–H and O–H groups in total. The van der Waals surface area contributed by atoms with Crippen LogP contribution < -0.4 is 0 Å². The Bertz CT molecular complexity index is 705. The fourth-order valence-corrected chi connectivity index (χ4v) is 2.28. The van der Waals surface area contributed by atoms with Crippen molar-refractivity contribution < 1.29 is 0 Å². The molecule has 0 aliphatic carbocycles. The Morgan fingerprint density at radius 1 is 0.947 bits per heavy atom. The largest absolute Gasteiger partial charge is 0.344 e. The molecule has 3 aromatic rings. The molecule has 4 heteroatoms. The van der Waals surface area contributed by atoms with Crippen LogP contribution in [-0.4, -0.2) is 9.97 Å². The highest BCUT2D eigenvalue weighted by Crippen LogP contribution is 2.30. The van der Waals surface area contributed by atoms with Crippen molar-refractivity contribution in [3.63, 3.8) is 0 Å². The molecule has 0 unspecified atom stereocenters. The predicted molar refractivity (Wildman–Crippen MR) is 79.5 cm³/mol. The summed E-state index contributed by atoms with van der Waals surface area (Å²) >= 11 is 12.2. The molecule has 0 radical (unpaired) electrons. The number of halogens is 2. The molecule has 0 atom stereocenters. The number of hydrogen-bond donors (Lipinski definition) is 1. The average Bonchev–Trinajstić information content (AvgIpc) is 2.92. The lowest BCUT2D eigenvalue weighted by atomic mass is 10.2. The Labute approximate surface area is 121 Å². The van der Waals surface area contributed by atoms with E-state index in [-0.39, 0.29) is 0 Å². The Morgan fingerprint density at radius 2 is 1.74 bits per heavy atom. The second kappa shape index (κ2) is 5.08. The Kier molecular flexibility index (Phi) is 3.28. The van der Waals surface area contributed by atoms with E-state index in [1.165, 1.54) is 0 Å². The van der Waals surface area contributed by atoms with Gasteiger partial charge >= 0.3 is 0 Å². The third-order valence-electron chi connectivity index (χ3n) is 2.83.